The zero-order chi connectivity index (χ0) is 15.0. The van der Waals surface area contributed by atoms with Crippen LogP contribution < -0.4 is 4.90 Å². The Balaban J connectivity index is 1.86. The van der Waals surface area contributed by atoms with Crippen LogP contribution in [0.3, 0.4) is 0 Å². The van der Waals surface area contributed by atoms with Gasteiger partial charge in [0.2, 0.25) is 5.95 Å². The highest BCUT2D eigenvalue weighted by Crippen LogP contribution is 2.37. The number of aryl methyl sites for hydroxylation is 2. The number of anilines is 1. The fourth-order valence-corrected chi connectivity index (χ4v) is 3.49. The second-order valence-electron chi connectivity index (χ2n) is 6.63. The van der Waals surface area contributed by atoms with Gasteiger partial charge in [-0.2, -0.15) is 0 Å². The third kappa shape index (κ3) is 2.77. The molecule has 0 amide bonds. The molecule has 0 aliphatic carbocycles. The minimum absolute atomic E-state index is 0.124. The molecule has 1 N–H and O–H groups in total. The maximum absolute atomic E-state index is 10.7. The molecule has 3 atom stereocenters. The van der Waals surface area contributed by atoms with Gasteiger partial charge in [-0.25, -0.2) is 9.97 Å². The molecule has 2 aliphatic rings. The lowest BCUT2D eigenvalue weighted by atomic mass is 9.79. The normalized spacial score (nSPS) is 33.4. The highest BCUT2D eigenvalue weighted by Gasteiger charge is 2.44. The van der Waals surface area contributed by atoms with Gasteiger partial charge < -0.3 is 14.7 Å². The van der Waals surface area contributed by atoms with Crippen molar-refractivity contribution in [2.75, 3.05) is 24.7 Å². The van der Waals surface area contributed by atoms with E-state index in [0.29, 0.717) is 19.6 Å². The van der Waals surface area contributed by atoms with Crippen molar-refractivity contribution in [2.24, 2.45) is 5.92 Å². The molecule has 2 saturated heterocycles. The summed E-state index contributed by atoms with van der Waals surface area (Å²) in [6.07, 6.45) is 4.78. The van der Waals surface area contributed by atoms with Gasteiger partial charge in [0.25, 0.3) is 0 Å². The maximum Gasteiger partial charge on any atom is 0.225 e. The van der Waals surface area contributed by atoms with Crippen LogP contribution in [0.5, 0.6) is 0 Å². The van der Waals surface area contributed by atoms with E-state index >= 15 is 0 Å². The monoisotopic (exact) mass is 291 g/mol. The molecule has 0 radical (unpaired) electrons. The van der Waals surface area contributed by atoms with Gasteiger partial charge in [0.15, 0.2) is 0 Å². The lowest BCUT2D eigenvalue weighted by molar-refractivity contribution is -0.108. The second-order valence-corrected chi connectivity index (χ2v) is 6.63. The number of rotatable bonds is 2. The molecular formula is C16H25N3O2. The fourth-order valence-electron chi connectivity index (χ4n) is 3.49. The average Bonchev–Trinajstić information content (AvgIpc) is 2.90. The van der Waals surface area contributed by atoms with Crippen molar-refractivity contribution < 1.29 is 9.84 Å². The summed E-state index contributed by atoms with van der Waals surface area (Å²) in [6.45, 7) is 8.22. The van der Waals surface area contributed by atoms with Gasteiger partial charge >= 0.3 is 0 Å². The first-order chi connectivity index (χ1) is 9.99. The SMILES string of the molecule is Cc1cnc(N2CCC[C@@H]2[C@@H]2COCC[C@]2(C)O)nc1C. The van der Waals surface area contributed by atoms with E-state index in [1.54, 1.807) is 0 Å². The molecule has 5 nitrogen and oxygen atoms in total. The number of nitrogens with zero attached hydrogens (tertiary/aromatic N) is 3. The number of aliphatic hydroxyl groups is 1. The zero-order valence-corrected chi connectivity index (χ0v) is 13.2. The molecule has 0 unspecified atom stereocenters. The molecule has 0 aromatic carbocycles. The summed E-state index contributed by atoms with van der Waals surface area (Å²) in [6, 6.07) is 0.266. The van der Waals surface area contributed by atoms with E-state index in [1.165, 1.54) is 0 Å². The summed E-state index contributed by atoms with van der Waals surface area (Å²) in [5.74, 6) is 0.918. The van der Waals surface area contributed by atoms with Crippen LogP contribution in [-0.2, 0) is 4.74 Å². The predicted octanol–water partition coefficient (Wildman–Crippen LogP) is 1.85. The average molecular weight is 291 g/mol. The largest absolute Gasteiger partial charge is 0.390 e. The van der Waals surface area contributed by atoms with Crippen LogP contribution in [-0.4, -0.2) is 46.5 Å². The van der Waals surface area contributed by atoms with Crippen LogP contribution in [0, 0.1) is 19.8 Å². The molecule has 2 fully saturated rings. The third-order valence-corrected chi connectivity index (χ3v) is 5.08. The number of ether oxygens (including phenoxy) is 1. The maximum atomic E-state index is 10.7. The highest BCUT2D eigenvalue weighted by molar-refractivity contribution is 5.36. The molecule has 1 aromatic heterocycles. The van der Waals surface area contributed by atoms with Crippen LogP contribution in [0.1, 0.15) is 37.4 Å². The van der Waals surface area contributed by atoms with Crippen LogP contribution in [0.4, 0.5) is 5.95 Å². The highest BCUT2D eigenvalue weighted by atomic mass is 16.5. The lowest BCUT2D eigenvalue weighted by Crippen LogP contribution is -2.53. The van der Waals surface area contributed by atoms with E-state index in [4.69, 9.17) is 4.74 Å². The standard InChI is InChI=1S/C16H25N3O2/c1-11-9-17-15(18-12(11)2)19-7-4-5-14(19)13-10-21-8-6-16(13,3)20/h9,13-14,20H,4-8,10H2,1-3H3/t13-,14+,16-/m0/s1. The van der Waals surface area contributed by atoms with Gasteiger partial charge in [-0.05, 0) is 45.6 Å². The Hall–Kier alpha value is -1.20. The van der Waals surface area contributed by atoms with Gasteiger partial charge in [-0.3, -0.25) is 0 Å². The molecular weight excluding hydrogens is 266 g/mol. The summed E-state index contributed by atoms with van der Waals surface area (Å²) in [5, 5.41) is 10.7. The Morgan fingerprint density at radius 1 is 1.43 bits per heavy atom. The van der Waals surface area contributed by atoms with Crippen LogP contribution in [0.15, 0.2) is 6.20 Å². The minimum atomic E-state index is -0.661. The Kier molecular flexibility index (Phi) is 3.88. The summed E-state index contributed by atoms with van der Waals surface area (Å²) < 4.78 is 5.63. The topological polar surface area (TPSA) is 58.5 Å². The van der Waals surface area contributed by atoms with Crippen molar-refractivity contribution in [3.63, 3.8) is 0 Å². The molecule has 0 saturated carbocycles. The van der Waals surface area contributed by atoms with Crippen molar-refractivity contribution >= 4 is 5.95 Å². The molecule has 0 spiro atoms. The summed E-state index contributed by atoms with van der Waals surface area (Å²) in [4.78, 5) is 11.4. The van der Waals surface area contributed by atoms with E-state index in [2.05, 4.69) is 14.9 Å². The van der Waals surface area contributed by atoms with E-state index in [-0.39, 0.29) is 12.0 Å². The summed E-state index contributed by atoms with van der Waals surface area (Å²) >= 11 is 0. The molecule has 3 rings (SSSR count). The van der Waals surface area contributed by atoms with Crippen molar-refractivity contribution in [2.45, 2.75) is 51.7 Å². The number of hydrogen-bond donors (Lipinski definition) is 1. The first-order valence-corrected chi connectivity index (χ1v) is 7.86. The van der Waals surface area contributed by atoms with Crippen molar-refractivity contribution in [1.29, 1.82) is 0 Å². The molecule has 1 aromatic rings. The van der Waals surface area contributed by atoms with Crippen LogP contribution >= 0.6 is 0 Å². The molecule has 116 valence electrons. The van der Waals surface area contributed by atoms with Gasteiger partial charge in [-0.15, -0.1) is 0 Å². The molecule has 0 bridgehead atoms. The number of aromatic nitrogens is 2. The Bertz CT molecular complexity index is 518. The van der Waals surface area contributed by atoms with Crippen molar-refractivity contribution in [3.8, 4) is 0 Å². The first kappa shape index (κ1) is 14.7. The van der Waals surface area contributed by atoms with Crippen molar-refractivity contribution in [1.82, 2.24) is 9.97 Å². The van der Waals surface area contributed by atoms with Crippen molar-refractivity contribution in [3.05, 3.63) is 17.5 Å². The van der Waals surface area contributed by atoms with Gasteiger partial charge in [0, 0.05) is 37.0 Å². The first-order valence-electron chi connectivity index (χ1n) is 7.86. The van der Waals surface area contributed by atoms with E-state index in [1.807, 2.05) is 27.0 Å². The molecule has 5 heteroatoms. The quantitative estimate of drug-likeness (QED) is 0.901. The minimum Gasteiger partial charge on any atom is -0.390 e. The Morgan fingerprint density at radius 2 is 2.24 bits per heavy atom. The smallest absolute Gasteiger partial charge is 0.225 e. The Labute approximate surface area is 126 Å². The van der Waals surface area contributed by atoms with Gasteiger partial charge in [-0.1, -0.05) is 0 Å². The third-order valence-electron chi connectivity index (χ3n) is 5.08. The Morgan fingerprint density at radius 3 is 2.95 bits per heavy atom. The van der Waals surface area contributed by atoms with E-state index in [9.17, 15) is 5.11 Å². The molecule has 3 heterocycles. The van der Waals surface area contributed by atoms with Gasteiger partial charge in [0.1, 0.15) is 0 Å². The zero-order valence-electron chi connectivity index (χ0n) is 13.2. The van der Waals surface area contributed by atoms with E-state index in [0.717, 1.165) is 36.6 Å². The second kappa shape index (κ2) is 5.54. The van der Waals surface area contributed by atoms with Crippen LogP contribution in [0.2, 0.25) is 0 Å². The van der Waals surface area contributed by atoms with E-state index < -0.39 is 5.60 Å². The summed E-state index contributed by atoms with van der Waals surface area (Å²) in [5.41, 5.74) is 1.48. The summed E-state index contributed by atoms with van der Waals surface area (Å²) in [7, 11) is 0. The predicted molar refractivity (Wildman–Crippen MR) is 81.4 cm³/mol. The van der Waals surface area contributed by atoms with Gasteiger partial charge in [0.05, 0.1) is 12.2 Å². The fraction of sp³-hybridized carbons (Fsp3) is 0.750. The number of hydrogen-bond acceptors (Lipinski definition) is 5. The lowest BCUT2D eigenvalue weighted by Gasteiger charge is -2.43. The molecule has 2 aliphatic heterocycles. The van der Waals surface area contributed by atoms with Crippen LogP contribution in [0.25, 0.3) is 0 Å². The molecule has 21 heavy (non-hydrogen) atoms.